The van der Waals surface area contributed by atoms with E-state index in [9.17, 15) is 24.0 Å². The number of hydrogen-bond donors (Lipinski definition) is 1. The van der Waals surface area contributed by atoms with Crippen LogP contribution in [0.15, 0.2) is 34.5 Å². The predicted molar refractivity (Wildman–Crippen MR) is 133 cm³/mol. The Hall–Kier alpha value is -4.62. The molecule has 0 bridgehead atoms. The van der Waals surface area contributed by atoms with Crippen LogP contribution in [0.5, 0.6) is 5.75 Å². The van der Waals surface area contributed by atoms with Gasteiger partial charge in [-0.05, 0) is 30.2 Å². The van der Waals surface area contributed by atoms with Crippen molar-refractivity contribution in [2.24, 2.45) is 4.99 Å². The molecule has 0 aliphatic carbocycles. The van der Waals surface area contributed by atoms with E-state index >= 15 is 0 Å². The Bertz CT molecular complexity index is 1370. The standard InChI is InChI=1S/C25H27N5O9/c1-28-14-7-6-12(36-2)10-13(14)25-11-15(19(31)37-3)30(24(35)29-9-8-26-23(29)34)22(25)27-17(21(33)39-5)16(18(25)28)20(32)38-4/h6-7,10,15,18H,8-9,11H2,1-5H3,(H,26,34)/t15-,18-,25-/m0/s1. The van der Waals surface area contributed by atoms with E-state index < -0.39 is 47.5 Å². The second-order valence-electron chi connectivity index (χ2n) is 9.33. The summed E-state index contributed by atoms with van der Waals surface area (Å²) in [4.78, 5) is 74.2. The number of likely N-dealkylation sites (N-methyl/N-ethyl adjacent to an activating group) is 1. The lowest BCUT2D eigenvalue weighted by molar-refractivity contribution is -0.144. The van der Waals surface area contributed by atoms with E-state index in [0.717, 1.165) is 16.9 Å². The molecular weight excluding hydrogens is 514 g/mol. The third-order valence-corrected chi connectivity index (χ3v) is 7.67. The summed E-state index contributed by atoms with van der Waals surface area (Å²) in [5.41, 5.74) is -0.528. The van der Waals surface area contributed by atoms with Crippen LogP contribution in [0, 0.1) is 0 Å². The van der Waals surface area contributed by atoms with E-state index in [1.807, 2.05) is 0 Å². The fraction of sp³-hybridized carbons (Fsp3) is 0.440. The lowest BCUT2D eigenvalue weighted by atomic mass is 9.69. The van der Waals surface area contributed by atoms with Gasteiger partial charge < -0.3 is 29.2 Å². The first-order chi connectivity index (χ1) is 18.7. The lowest BCUT2D eigenvalue weighted by Gasteiger charge is -2.39. The molecule has 2 saturated heterocycles. The van der Waals surface area contributed by atoms with Gasteiger partial charge in [-0.2, -0.15) is 0 Å². The maximum Gasteiger partial charge on any atom is 0.357 e. The van der Waals surface area contributed by atoms with Gasteiger partial charge in [-0.1, -0.05) is 0 Å². The van der Waals surface area contributed by atoms with Crippen molar-refractivity contribution in [2.45, 2.75) is 23.9 Å². The summed E-state index contributed by atoms with van der Waals surface area (Å²) in [5.74, 6) is -2.04. The van der Waals surface area contributed by atoms with Crippen molar-refractivity contribution in [1.29, 1.82) is 0 Å². The number of likely N-dealkylation sites (tertiary alicyclic amines) is 1. The van der Waals surface area contributed by atoms with Crippen molar-refractivity contribution in [3.05, 3.63) is 35.0 Å². The minimum absolute atomic E-state index is 0.000457. The molecule has 1 spiro atoms. The number of amidine groups is 1. The van der Waals surface area contributed by atoms with Crippen molar-refractivity contribution < 1.29 is 42.9 Å². The molecule has 4 aliphatic rings. The number of esters is 3. The molecule has 39 heavy (non-hydrogen) atoms. The number of carbonyl (C=O) groups is 5. The SMILES string of the molecule is COC(=O)C1=C(C(=O)OC)[C@@H]2N(C)c3ccc(OC)cc3[C@@]23C[C@@H](C(=O)OC)N(C(=O)N2CCNC2=O)C3=N1. The summed E-state index contributed by atoms with van der Waals surface area (Å²) in [6, 6.07) is 1.61. The number of nitrogens with zero attached hydrogens (tertiary/aromatic N) is 4. The van der Waals surface area contributed by atoms with E-state index in [0.29, 0.717) is 17.0 Å². The van der Waals surface area contributed by atoms with Gasteiger partial charge in [0.05, 0.1) is 45.5 Å². The Balaban J connectivity index is 1.84. The number of amides is 4. The molecular formula is C25H27N5O9. The average Bonchev–Trinajstić information content (AvgIpc) is 3.61. The highest BCUT2D eigenvalue weighted by Crippen LogP contribution is 2.58. The van der Waals surface area contributed by atoms with Crippen LogP contribution in [-0.4, -0.2) is 106 Å². The second kappa shape index (κ2) is 9.29. The van der Waals surface area contributed by atoms with Gasteiger partial charge >= 0.3 is 30.0 Å². The van der Waals surface area contributed by atoms with Gasteiger partial charge in [0.2, 0.25) is 0 Å². The average molecular weight is 542 g/mol. The number of benzene rings is 1. The topological polar surface area (TPSA) is 156 Å². The van der Waals surface area contributed by atoms with Gasteiger partial charge in [0.15, 0.2) is 5.70 Å². The molecule has 3 atom stereocenters. The first-order valence-corrected chi connectivity index (χ1v) is 12.0. The largest absolute Gasteiger partial charge is 0.497 e. The van der Waals surface area contributed by atoms with Crippen LogP contribution < -0.4 is 15.0 Å². The van der Waals surface area contributed by atoms with Crippen LogP contribution in [0.2, 0.25) is 0 Å². The molecule has 1 aromatic rings. The molecule has 14 heteroatoms. The van der Waals surface area contributed by atoms with Crippen molar-refractivity contribution in [2.75, 3.05) is 53.5 Å². The fourth-order valence-corrected chi connectivity index (χ4v) is 6.03. The summed E-state index contributed by atoms with van der Waals surface area (Å²) in [6.45, 7) is 0.285. The summed E-state index contributed by atoms with van der Waals surface area (Å²) in [6.07, 6.45) is -0.0656. The monoisotopic (exact) mass is 541 g/mol. The number of ether oxygens (including phenoxy) is 4. The van der Waals surface area contributed by atoms with Gasteiger partial charge in [-0.15, -0.1) is 0 Å². The zero-order chi connectivity index (χ0) is 28.2. The summed E-state index contributed by atoms with van der Waals surface area (Å²) >= 11 is 0. The van der Waals surface area contributed by atoms with Gasteiger partial charge in [-0.25, -0.2) is 33.9 Å². The molecule has 0 saturated carbocycles. The number of hydrogen-bond acceptors (Lipinski definition) is 11. The molecule has 1 N–H and O–H groups in total. The number of aliphatic imine (C=N–C) groups is 1. The fourth-order valence-electron chi connectivity index (χ4n) is 6.03. The Morgan fingerprint density at radius 2 is 1.77 bits per heavy atom. The summed E-state index contributed by atoms with van der Waals surface area (Å²) in [5, 5.41) is 2.57. The summed E-state index contributed by atoms with van der Waals surface area (Å²) in [7, 11) is 6.70. The van der Waals surface area contributed by atoms with Crippen LogP contribution in [-0.2, 0) is 34.0 Å². The Kier molecular flexibility index (Phi) is 6.19. The normalized spacial score (nSPS) is 24.9. The molecule has 2 fully saturated rings. The number of fused-ring (bicyclic) bond motifs is 1. The number of anilines is 1. The van der Waals surface area contributed by atoms with Crippen LogP contribution in [0.25, 0.3) is 0 Å². The Morgan fingerprint density at radius 1 is 1.05 bits per heavy atom. The molecule has 4 amide bonds. The third-order valence-electron chi connectivity index (χ3n) is 7.67. The number of methoxy groups -OCH3 is 4. The highest BCUT2D eigenvalue weighted by molar-refractivity contribution is 6.18. The molecule has 5 rings (SSSR count). The van der Waals surface area contributed by atoms with E-state index in [1.54, 1.807) is 30.1 Å². The molecule has 14 nitrogen and oxygen atoms in total. The molecule has 206 valence electrons. The molecule has 0 unspecified atom stereocenters. The number of rotatable bonds is 4. The summed E-state index contributed by atoms with van der Waals surface area (Å²) < 4.78 is 20.5. The zero-order valence-corrected chi connectivity index (χ0v) is 22.0. The molecule has 1 aromatic carbocycles. The zero-order valence-electron chi connectivity index (χ0n) is 22.0. The highest BCUT2D eigenvalue weighted by atomic mass is 16.5. The van der Waals surface area contributed by atoms with Crippen LogP contribution in [0.4, 0.5) is 15.3 Å². The second-order valence-corrected chi connectivity index (χ2v) is 9.33. The van der Waals surface area contributed by atoms with Gasteiger partial charge in [0.1, 0.15) is 17.6 Å². The van der Waals surface area contributed by atoms with Crippen molar-refractivity contribution in [3.63, 3.8) is 0 Å². The van der Waals surface area contributed by atoms with E-state index in [4.69, 9.17) is 18.9 Å². The van der Waals surface area contributed by atoms with E-state index in [2.05, 4.69) is 10.3 Å². The predicted octanol–water partition coefficient (Wildman–Crippen LogP) is 0.156. The van der Waals surface area contributed by atoms with E-state index in [-0.39, 0.29) is 36.6 Å². The minimum atomic E-state index is -1.32. The first kappa shape index (κ1) is 26.0. The lowest BCUT2D eigenvalue weighted by Crippen LogP contribution is -2.57. The van der Waals surface area contributed by atoms with Gasteiger partial charge in [-0.3, -0.25) is 4.90 Å². The Labute approximate surface area is 223 Å². The van der Waals surface area contributed by atoms with Gasteiger partial charge in [0, 0.05) is 25.8 Å². The van der Waals surface area contributed by atoms with Gasteiger partial charge in [0.25, 0.3) is 0 Å². The minimum Gasteiger partial charge on any atom is -0.497 e. The van der Waals surface area contributed by atoms with Crippen molar-refractivity contribution in [1.82, 2.24) is 15.1 Å². The molecule has 4 heterocycles. The van der Waals surface area contributed by atoms with Crippen LogP contribution in [0.1, 0.15) is 12.0 Å². The maximum absolute atomic E-state index is 13.9. The smallest absolute Gasteiger partial charge is 0.357 e. The third kappa shape index (κ3) is 3.47. The van der Waals surface area contributed by atoms with Crippen LogP contribution >= 0.6 is 0 Å². The number of nitrogens with one attached hydrogen (secondary N) is 1. The molecule has 0 radical (unpaired) electrons. The molecule has 0 aromatic heterocycles. The van der Waals surface area contributed by atoms with Crippen molar-refractivity contribution in [3.8, 4) is 5.75 Å². The molecule has 4 aliphatic heterocycles. The van der Waals surface area contributed by atoms with E-state index in [1.165, 1.54) is 21.3 Å². The first-order valence-electron chi connectivity index (χ1n) is 12.0. The number of urea groups is 2. The Morgan fingerprint density at radius 3 is 2.36 bits per heavy atom. The maximum atomic E-state index is 13.9. The van der Waals surface area contributed by atoms with Crippen LogP contribution in [0.3, 0.4) is 0 Å². The number of carbonyl (C=O) groups excluding carboxylic acids is 5. The number of imide groups is 1. The van der Waals surface area contributed by atoms with Crippen molar-refractivity contribution >= 4 is 41.5 Å². The highest BCUT2D eigenvalue weighted by Gasteiger charge is 2.68. The quantitative estimate of drug-likeness (QED) is 0.411.